The molecule has 170 valence electrons. The van der Waals surface area contributed by atoms with Crippen LogP contribution in [0.3, 0.4) is 0 Å². The average molecular weight is 452 g/mol. The molecule has 2 atom stereocenters. The SMILES string of the molecule is Cc1ccc(-c2noc(C3CCN(c4oc([C@H]5C[C@@H]5c5ccccc5)nc4C#N)CC3)n2)cc1. The van der Waals surface area contributed by atoms with Crippen molar-refractivity contribution in [2.45, 2.75) is 43.9 Å². The third kappa shape index (κ3) is 3.86. The Morgan fingerprint density at radius 2 is 1.71 bits per heavy atom. The predicted molar refractivity (Wildman–Crippen MR) is 126 cm³/mol. The van der Waals surface area contributed by atoms with Gasteiger partial charge in [0.15, 0.2) is 0 Å². The standard InChI is InChI=1S/C27H25N5O2/c1-17-7-9-19(10-8-17)24-30-25(34-31-24)20-11-13-32(14-12-20)27-23(16-28)29-26(33-27)22-15-21(22)18-5-3-2-4-6-18/h2-10,20-22H,11-15H2,1H3/t21-,22+/m1/s1. The van der Waals surface area contributed by atoms with E-state index in [4.69, 9.17) is 8.94 Å². The highest BCUT2D eigenvalue weighted by atomic mass is 16.5. The minimum Gasteiger partial charge on any atom is -0.423 e. The summed E-state index contributed by atoms with van der Waals surface area (Å²) < 4.78 is 11.8. The normalized spacial score (nSPS) is 20.3. The summed E-state index contributed by atoms with van der Waals surface area (Å²) in [5, 5.41) is 13.9. The summed E-state index contributed by atoms with van der Waals surface area (Å²) >= 11 is 0. The van der Waals surface area contributed by atoms with E-state index in [2.05, 4.69) is 57.3 Å². The third-order valence-electron chi connectivity index (χ3n) is 6.95. The monoisotopic (exact) mass is 451 g/mol. The van der Waals surface area contributed by atoms with Crippen LogP contribution in [0.15, 0.2) is 63.5 Å². The molecule has 1 aliphatic heterocycles. The van der Waals surface area contributed by atoms with Crippen molar-refractivity contribution in [3.63, 3.8) is 0 Å². The van der Waals surface area contributed by atoms with E-state index in [1.165, 1.54) is 11.1 Å². The summed E-state index contributed by atoms with van der Waals surface area (Å²) in [6, 6.07) is 20.8. The van der Waals surface area contributed by atoms with Crippen molar-refractivity contribution in [1.82, 2.24) is 15.1 Å². The third-order valence-corrected chi connectivity index (χ3v) is 6.95. The first-order valence-electron chi connectivity index (χ1n) is 11.8. The molecule has 3 heterocycles. The van der Waals surface area contributed by atoms with Crippen molar-refractivity contribution in [3.05, 3.63) is 83.2 Å². The highest BCUT2D eigenvalue weighted by molar-refractivity contribution is 5.54. The van der Waals surface area contributed by atoms with Gasteiger partial charge in [0.05, 0.1) is 0 Å². The Kier molecular flexibility index (Phi) is 5.14. The number of piperidine rings is 1. The second kappa shape index (κ2) is 8.45. The van der Waals surface area contributed by atoms with Gasteiger partial charge in [-0.1, -0.05) is 65.3 Å². The van der Waals surface area contributed by atoms with Gasteiger partial charge in [-0.2, -0.15) is 10.2 Å². The molecule has 1 aliphatic carbocycles. The number of aromatic nitrogens is 3. The van der Waals surface area contributed by atoms with Gasteiger partial charge in [0.1, 0.15) is 6.07 Å². The molecule has 4 aromatic rings. The van der Waals surface area contributed by atoms with E-state index in [-0.39, 0.29) is 11.8 Å². The fourth-order valence-corrected chi connectivity index (χ4v) is 4.86. The lowest BCUT2D eigenvalue weighted by Crippen LogP contribution is -2.33. The first-order valence-corrected chi connectivity index (χ1v) is 11.8. The number of nitrogens with zero attached hydrogens (tertiary/aromatic N) is 5. The van der Waals surface area contributed by atoms with Crippen molar-refractivity contribution in [2.24, 2.45) is 0 Å². The Morgan fingerprint density at radius 1 is 0.941 bits per heavy atom. The molecular formula is C27H25N5O2. The minimum absolute atomic E-state index is 0.196. The number of hydrogen-bond acceptors (Lipinski definition) is 7. The van der Waals surface area contributed by atoms with Gasteiger partial charge in [0, 0.05) is 30.5 Å². The Bertz CT molecular complexity index is 1330. The smallest absolute Gasteiger partial charge is 0.234 e. The number of benzene rings is 2. The van der Waals surface area contributed by atoms with E-state index in [1.54, 1.807) is 0 Å². The van der Waals surface area contributed by atoms with Gasteiger partial charge >= 0.3 is 0 Å². The molecular weight excluding hydrogens is 426 g/mol. The van der Waals surface area contributed by atoms with Crippen LogP contribution < -0.4 is 4.90 Å². The van der Waals surface area contributed by atoms with Crippen LogP contribution in [0.25, 0.3) is 11.4 Å². The van der Waals surface area contributed by atoms with E-state index in [9.17, 15) is 5.26 Å². The zero-order chi connectivity index (χ0) is 23.1. The lowest BCUT2D eigenvalue weighted by molar-refractivity contribution is 0.326. The molecule has 0 radical (unpaired) electrons. The van der Waals surface area contributed by atoms with Crippen molar-refractivity contribution in [2.75, 3.05) is 18.0 Å². The molecule has 1 saturated heterocycles. The topological polar surface area (TPSA) is 92.0 Å². The molecule has 7 nitrogen and oxygen atoms in total. The number of rotatable bonds is 5. The quantitative estimate of drug-likeness (QED) is 0.392. The molecule has 34 heavy (non-hydrogen) atoms. The zero-order valence-electron chi connectivity index (χ0n) is 19.0. The molecule has 0 bridgehead atoms. The zero-order valence-corrected chi connectivity index (χ0v) is 19.0. The fraction of sp³-hybridized carbons (Fsp3) is 0.333. The lowest BCUT2D eigenvalue weighted by Gasteiger charge is -2.29. The highest BCUT2D eigenvalue weighted by Gasteiger charge is 2.44. The number of nitriles is 1. The highest BCUT2D eigenvalue weighted by Crippen LogP contribution is 2.55. The van der Waals surface area contributed by atoms with Crippen LogP contribution >= 0.6 is 0 Å². The summed E-state index contributed by atoms with van der Waals surface area (Å²) in [6.07, 6.45) is 2.72. The van der Waals surface area contributed by atoms with Crippen molar-refractivity contribution in [3.8, 4) is 17.5 Å². The molecule has 2 aromatic heterocycles. The van der Waals surface area contributed by atoms with Gasteiger partial charge in [-0.3, -0.25) is 0 Å². The maximum atomic E-state index is 9.67. The van der Waals surface area contributed by atoms with E-state index >= 15 is 0 Å². The molecule has 1 saturated carbocycles. The van der Waals surface area contributed by atoms with Crippen LogP contribution in [0.2, 0.25) is 0 Å². The maximum absolute atomic E-state index is 9.67. The summed E-state index contributed by atoms with van der Waals surface area (Å²) in [5.74, 6) is 3.45. The molecule has 7 heteroatoms. The molecule has 2 aromatic carbocycles. The molecule has 0 spiro atoms. The maximum Gasteiger partial charge on any atom is 0.234 e. The van der Waals surface area contributed by atoms with Gasteiger partial charge < -0.3 is 13.8 Å². The number of oxazole rings is 1. The molecule has 6 rings (SSSR count). The molecule has 0 amide bonds. The largest absolute Gasteiger partial charge is 0.423 e. The summed E-state index contributed by atoms with van der Waals surface area (Å²) in [4.78, 5) is 11.3. The fourth-order valence-electron chi connectivity index (χ4n) is 4.86. The van der Waals surface area contributed by atoms with Crippen LogP contribution in [-0.4, -0.2) is 28.2 Å². The summed E-state index contributed by atoms with van der Waals surface area (Å²) in [7, 11) is 0. The Hall–Kier alpha value is -3.92. The lowest BCUT2D eigenvalue weighted by atomic mass is 9.97. The van der Waals surface area contributed by atoms with Gasteiger partial charge in [0.25, 0.3) is 0 Å². The van der Waals surface area contributed by atoms with Crippen LogP contribution in [-0.2, 0) is 0 Å². The summed E-state index contributed by atoms with van der Waals surface area (Å²) in [5.41, 5.74) is 3.84. The van der Waals surface area contributed by atoms with Crippen LogP contribution in [0.5, 0.6) is 0 Å². The first kappa shape index (κ1) is 20.7. The summed E-state index contributed by atoms with van der Waals surface area (Å²) in [6.45, 7) is 3.56. The van der Waals surface area contributed by atoms with Gasteiger partial charge in [-0.05, 0) is 37.7 Å². The van der Waals surface area contributed by atoms with E-state index in [0.717, 1.165) is 37.9 Å². The second-order valence-electron chi connectivity index (χ2n) is 9.26. The number of anilines is 1. The van der Waals surface area contributed by atoms with Gasteiger partial charge in [-0.25, -0.2) is 4.98 Å². The van der Waals surface area contributed by atoms with E-state index in [1.807, 2.05) is 30.3 Å². The molecule has 2 fully saturated rings. The van der Waals surface area contributed by atoms with Crippen molar-refractivity contribution in [1.29, 1.82) is 5.26 Å². The van der Waals surface area contributed by atoms with Gasteiger partial charge in [0.2, 0.25) is 29.2 Å². The Balaban J connectivity index is 1.13. The molecule has 0 N–H and O–H groups in total. The van der Waals surface area contributed by atoms with Crippen molar-refractivity contribution < 1.29 is 8.94 Å². The Labute approximate surface area is 198 Å². The van der Waals surface area contributed by atoms with Crippen molar-refractivity contribution >= 4 is 5.88 Å². The van der Waals surface area contributed by atoms with E-state index in [0.29, 0.717) is 35.1 Å². The van der Waals surface area contributed by atoms with Crippen LogP contribution in [0, 0.1) is 18.3 Å². The molecule has 2 aliphatic rings. The van der Waals surface area contributed by atoms with Gasteiger partial charge in [-0.15, -0.1) is 0 Å². The average Bonchev–Trinajstić information content (AvgIpc) is 3.32. The van der Waals surface area contributed by atoms with E-state index < -0.39 is 0 Å². The minimum atomic E-state index is 0.196. The Morgan fingerprint density at radius 3 is 2.44 bits per heavy atom. The second-order valence-corrected chi connectivity index (χ2v) is 9.26. The first-order chi connectivity index (χ1) is 16.7. The molecule has 0 unspecified atom stereocenters. The number of hydrogen-bond donors (Lipinski definition) is 0. The van der Waals surface area contributed by atoms with Crippen LogP contribution in [0.1, 0.15) is 65.6 Å². The predicted octanol–water partition coefficient (Wildman–Crippen LogP) is 5.56. The number of aryl methyl sites for hydroxylation is 1. The van der Waals surface area contributed by atoms with Crippen LogP contribution in [0.4, 0.5) is 5.88 Å².